The Morgan fingerprint density at radius 2 is 1.61 bits per heavy atom. The molecule has 1 aliphatic rings. The van der Waals surface area contributed by atoms with Crippen molar-refractivity contribution in [2.45, 2.75) is 45.6 Å². The van der Waals surface area contributed by atoms with Crippen molar-refractivity contribution < 1.29 is 9.59 Å². The Kier molecular flexibility index (Phi) is 9.33. The lowest BCUT2D eigenvalue weighted by Gasteiger charge is -2.16. The normalized spacial score (nSPS) is 13.7. The summed E-state index contributed by atoms with van der Waals surface area (Å²) in [5.41, 5.74) is 6.19. The van der Waals surface area contributed by atoms with Gasteiger partial charge in [-0.25, -0.2) is 0 Å². The topological polar surface area (TPSA) is 73.5 Å². The molecular formula is C32H38N4O2. The molecule has 198 valence electrons. The quantitative estimate of drug-likeness (QED) is 0.195. The Morgan fingerprint density at radius 1 is 0.868 bits per heavy atom. The summed E-state index contributed by atoms with van der Waals surface area (Å²) in [6.07, 6.45) is 5.71. The fraction of sp³-hybridized carbons (Fsp3) is 0.312. The molecule has 6 nitrogen and oxygen atoms in total. The van der Waals surface area contributed by atoms with E-state index in [4.69, 9.17) is 0 Å². The van der Waals surface area contributed by atoms with Crippen LogP contribution in [0.25, 0.3) is 11.3 Å². The van der Waals surface area contributed by atoms with Gasteiger partial charge in [-0.3, -0.25) is 9.59 Å². The number of carbonyl (C=O) groups is 2. The lowest BCUT2D eigenvalue weighted by Crippen LogP contribution is -2.24. The van der Waals surface area contributed by atoms with E-state index < -0.39 is 0 Å². The number of hydrogen-bond acceptors (Lipinski definition) is 4. The van der Waals surface area contributed by atoms with Crippen LogP contribution in [-0.4, -0.2) is 37.4 Å². The third-order valence-corrected chi connectivity index (χ3v) is 6.63. The fourth-order valence-electron chi connectivity index (χ4n) is 4.68. The molecule has 0 radical (unpaired) electrons. The molecule has 1 aliphatic heterocycles. The number of anilines is 2. The molecule has 1 heterocycles. The zero-order valence-electron chi connectivity index (χ0n) is 22.6. The van der Waals surface area contributed by atoms with Gasteiger partial charge >= 0.3 is 0 Å². The SMILES string of the molecule is CCCCCCCNC(=O)c1ccc2c(c1)C(=C(Nc1ccc(CN(C)C)cc1)c1ccccc1)C(=O)N2. The van der Waals surface area contributed by atoms with Crippen molar-refractivity contribution in [3.8, 4) is 0 Å². The predicted molar refractivity (Wildman–Crippen MR) is 157 cm³/mol. The second-order valence-corrected chi connectivity index (χ2v) is 10.1. The number of amides is 2. The number of nitrogens with zero attached hydrogens (tertiary/aromatic N) is 1. The Hall–Kier alpha value is -3.90. The highest BCUT2D eigenvalue weighted by atomic mass is 16.2. The minimum absolute atomic E-state index is 0.118. The first-order valence-corrected chi connectivity index (χ1v) is 13.5. The highest BCUT2D eigenvalue weighted by molar-refractivity contribution is 6.37. The fourth-order valence-corrected chi connectivity index (χ4v) is 4.68. The number of rotatable bonds is 12. The van der Waals surface area contributed by atoms with E-state index in [0.29, 0.717) is 29.1 Å². The molecule has 0 atom stereocenters. The van der Waals surface area contributed by atoms with E-state index >= 15 is 0 Å². The van der Waals surface area contributed by atoms with Crippen LogP contribution in [0.4, 0.5) is 11.4 Å². The maximum atomic E-state index is 13.3. The minimum Gasteiger partial charge on any atom is -0.354 e. The molecule has 4 rings (SSSR count). The van der Waals surface area contributed by atoms with Crippen LogP contribution in [0.3, 0.4) is 0 Å². The summed E-state index contributed by atoms with van der Waals surface area (Å²) in [4.78, 5) is 28.3. The Balaban J connectivity index is 1.63. The van der Waals surface area contributed by atoms with E-state index in [1.54, 1.807) is 6.07 Å². The number of hydrogen-bond donors (Lipinski definition) is 3. The number of nitrogens with one attached hydrogen (secondary N) is 3. The Labute approximate surface area is 226 Å². The molecule has 38 heavy (non-hydrogen) atoms. The first kappa shape index (κ1) is 27.1. The number of fused-ring (bicyclic) bond motifs is 1. The second-order valence-electron chi connectivity index (χ2n) is 10.1. The van der Waals surface area contributed by atoms with Crippen LogP contribution in [0.1, 0.15) is 66.1 Å². The average molecular weight is 511 g/mol. The van der Waals surface area contributed by atoms with Gasteiger partial charge in [0.15, 0.2) is 0 Å². The maximum absolute atomic E-state index is 13.3. The summed E-state index contributed by atoms with van der Waals surface area (Å²) in [7, 11) is 4.09. The van der Waals surface area contributed by atoms with E-state index in [1.165, 1.54) is 24.8 Å². The molecule has 3 N–H and O–H groups in total. The summed E-state index contributed by atoms with van der Waals surface area (Å²) in [6, 6.07) is 23.5. The van der Waals surface area contributed by atoms with Crippen molar-refractivity contribution in [2.24, 2.45) is 0 Å². The van der Waals surface area contributed by atoms with E-state index in [0.717, 1.165) is 36.2 Å². The molecule has 3 aromatic rings. The zero-order chi connectivity index (χ0) is 26.9. The van der Waals surface area contributed by atoms with Gasteiger partial charge < -0.3 is 20.9 Å². The van der Waals surface area contributed by atoms with Crippen molar-refractivity contribution in [3.05, 3.63) is 95.1 Å². The van der Waals surface area contributed by atoms with Crippen LogP contribution in [-0.2, 0) is 11.3 Å². The van der Waals surface area contributed by atoms with Crippen molar-refractivity contribution in [3.63, 3.8) is 0 Å². The summed E-state index contributed by atoms with van der Waals surface area (Å²) in [5.74, 6) is -0.309. The summed E-state index contributed by atoms with van der Waals surface area (Å²) in [5, 5.41) is 9.51. The van der Waals surface area contributed by atoms with Gasteiger partial charge in [-0.15, -0.1) is 0 Å². The van der Waals surface area contributed by atoms with Gasteiger partial charge in [0, 0.05) is 35.6 Å². The molecule has 0 aromatic heterocycles. The lowest BCUT2D eigenvalue weighted by atomic mass is 9.98. The number of benzene rings is 3. The third-order valence-electron chi connectivity index (χ3n) is 6.63. The molecule has 0 bridgehead atoms. The monoisotopic (exact) mass is 510 g/mol. The molecule has 2 amide bonds. The van der Waals surface area contributed by atoms with Gasteiger partial charge in [0.05, 0.1) is 11.3 Å². The first-order chi connectivity index (χ1) is 18.5. The second kappa shape index (κ2) is 13.1. The maximum Gasteiger partial charge on any atom is 0.258 e. The summed E-state index contributed by atoms with van der Waals surface area (Å²) >= 11 is 0. The molecule has 0 saturated heterocycles. The predicted octanol–water partition coefficient (Wildman–Crippen LogP) is 6.38. The minimum atomic E-state index is -0.191. The molecular weight excluding hydrogens is 472 g/mol. The number of carbonyl (C=O) groups excluding carboxylic acids is 2. The van der Waals surface area contributed by atoms with Crippen molar-refractivity contribution in [1.82, 2.24) is 10.2 Å². The average Bonchev–Trinajstić information content (AvgIpc) is 3.25. The van der Waals surface area contributed by atoms with Gasteiger partial charge in [-0.05, 0) is 62.0 Å². The van der Waals surface area contributed by atoms with E-state index in [9.17, 15) is 9.59 Å². The van der Waals surface area contributed by atoms with Crippen LogP contribution in [0.15, 0.2) is 72.8 Å². The largest absolute Gasteiger partial charge is 0.354 e. The Morgan fingerprint density at radius 3 is 2.32 bits per heavy atom. The van der Waals surface area contributed by atoms with Gasteiger partial charge in [0.1, 0.15) is 0 Å². The van der Waals surface area contributed by atoms with Gasteiger partial charge in [0.2, 0.25) is 0 Å². The van der Waals surface area contributed by atoms with Crippen LogP contribution in [0.5, 0.6) is 0 Å². The molecule has 6 heteroatoms. The van der Waals surface area contributed by atoms with Crippen LogP contribution in [0, 0.1) is 0 Å². The van der Waals surface area contributed by atoms with Gasteiger partial charge in [-0.2, -0.15) is 0 Å². The number of unbranched alkanes of at least 4 members (excludes halogenated alkanes) is 4. The van der Waals surface area contributed by atoms with E-state index in [2.05, 4.69) is 39.9 Å². The van der Waals surface area contributed by atoms with Gasteiger partial charge in [-0.1, -0.05) is 75.1 Å². The molecule has 0 saturated carbocycles. The van der Waals surface area contributed by atoms with Crippen molar-refractivity contribution >= 4 is 34.5 Å². The molecule has 0 aliphatic carbocycles. The van der Waals surface area contributed by atoms with Crippen molar-refractivity contribution in [2.75, 3.05) is 31.3 Å². The molecule has 0 unspecified atom stereocenters. The summed E-state index contributed by atoms with van der Waals surface area (Å²) in [6.45, 7) is 3.70. The molecule has 0 spiro atoms. The molecule has 0 fully saturated rings. The summed E-state index contributed by atoms with van der Waals surface area (Å²) < 4.78 is 0. The first-order valence-electron chi connectivity index (χ1n) is 13.5. The van der Waals surface area contributed by atoms with Crippen LogP contribution >= 0.6 is 0 Å². The third kappa shape index (κ3) is 6.90. The van der Waals surface area contributed by atoms with Crippen LogP contribution in [0.2, 0.25) is 0 Å². The van der Waals surface area contributed by atoms with E-state index in [-0.39, 0.29) is 11.8 Å². The standard InChI is InChI=1S/C32H38N4O2/c1-4-5-6-7-11-20-33-31(37)25-16-19-28-27(21-25)29(32(38)35-28)30(24-12-9-8-10-13-24)34-26-17-14-23(15-18-26)22-36(2)3/h8-10,12-19,21,34H,4-7,11,20,22H2,1-3H3,(H,33,37)(H,35,38). The smallest absolute Gasteiger partial charge is 0.258 e. The highest BCUT2D eigenvalue weighted by Crippen LogP contribution is 2.38. The van der Waals surface area contributed by atoms with Crippen LogP contribution < -0.4 is 16.0 Å². The van der Waals surface area contributed by atoms with Crippen molar-refractivity contribution in [1.29, 1.82) is 0 Å². The van der Waals surface area contributed by atoms with Gasteiger partial charge in [0.25, 0.3) is 11.8 Å². The van der Waals surface area contributed by atoms with E-state index in [1.807, 2.05) is 68.7 Å². The lowest BCUT2D eigenvalue weighted by molar-refractivity contribution is -0.110. The highest BCUT2D eigenvalue weighted by Gasteiger charge is 2.29. The molecule has 3 aromatic carbocycles. The Bertz CT molecular complexity index is 1280. The zero-order valence-corrected chi connectivity index (χ0v) is 22.6.